The minimum Gasteiger partial charge on any atom is -0.477 e. The average Bonchev–Trinajstić information content (AvgIpc) is 2.38. The number of hydrogen-bond acceptors (Lipinski definition) is 1. The molecular formula is C15H14NO2+. The first-order valence-electron chi connectivity index (χ1n) is 5.68. The summed E-state index contributed by atoms with van der Waals surface area (Å²) in [6, 6.07) is 13.8. The normalized spacial score (nSPS) is 10.7. The minimum absolute atomic E-state index is 0.0112. The van der Waals surface area contributed by atoms with E-state index in [-0.39, 0.29) is 6.54 Å². The third-order valence-electron chi connectivity index (χ3n) is 2.50. The van der Waals surface area contributed by atoms with Crippen molar-refractivity contribution in [3.63, 3.8) is 0 Å². The number of pyridine rings is 1. The van der Waals surface area contributed by atoms with Crippen LogP contribution in [0.15, 0.2) is 54.9 Å². The zero-order valence-corrected chi connectivity index (χ0v) is 9.86. The van der Waals surface area contributed by atoms with Crippen molar-refractivity contribution < 1.29 is 14.5 Å². The van der Waals surface area contributed by atoms with Crippen LogP contribution in [0, 0.1) is 0 Å². The fraction of sp³-hybridized carbons (Fsp3) is 0.0667. The van der Waals surface area contributed by atoms with E-state index in [9.17, 15) is 4.79 Å². The van der Waals surface area contributed by atoms with Crippen LogP contribution in [0.25, 0.3) is 12.2 Å². The van der Waals surface area contributed by atoms with Crippen LogP contribution in [-0.2, 0) is 11.3 Å². The maximum Gasteiger partial charge on any atom is 0.370 e. The molecule has 3 heteroatoms. The van der Waals surface area contributed by atoms with Gasteiger partial charge in [-0.05, 0) is 11.1 Å². The van der Waals surface area contributed by atoms with Crippen LogP contribution in [0.3, 0.4) is 0 Å². The molecule has 0 aliphatic carbocycles. The molecule has 0 fully saturated rings. The first-order chi connectivity index (χ1) is 8.74. The number of aliphatic carboxylic acids is 1. The van der Waals surface area contributed by atoms with Crippen molar-refractivity contribution in [3.8, 4) is 0 Å². The number of hydrogen-bond donors (Lipinski definition) is 1. The molecule has 1 heterocycles. The second-order valence-electron chi connectivity index (χ2n) is 3.94. The van der Waals surface area contributed by atoms with Crippen molar-refractivity contribution >= 4 is 18.1 Å². The van der Waals surface area contributed by atoms with Crippen LogP contribution in [-0.4, -0.2) is 11.1 Å². The summed E-state index contributed by atoms with van der Waals surface area (Å²) in [6.07, 6.45) is 7.55. The monoisotopic (exact) mass is 240 g/mol. The number of carboxylic acid groups (broad SMARTS) is 1. The highest BCUT2D eigenvalue weighted by Gasteiger charge is 2.05. The quantitative estimate of drug-likeness (QED) is 0.833. The third-order valence-corrected chi connectivity index (χ3v) is 2.50. The highest BCUT2D eigenvalue weighted by atomic mass is 16.4. The molecule has 2 aromatic rings. The van der Waals surface area contributed by atoms with Crippen LogP contribution in [0.1, 0.15) is 11.1 Å². The first-order valence-corrected chi connectivity index (χ1v) is 5.68. The van der Waals surface area contributed by atoms with E-state index in [1.165, 1.54) is 0 Å². The molecule has 0 spiro atoms. The fourth-order valence-electron chi connectivity index (χ4n) is 1.60. The second kappa shape index (κ2) is 5.77. The largest absolute Gasteiger partial charge is 0.477 e. The van der Waals surface area contributed by atoms with E-state index >= 15 is 0 Å². The number of rotatable bonds is 4. The number of benzene rings is 1. The predicted octanol–water partition coefficient (Wildman–Crippen LogP) is 2.23. The zero-order valence-electron chi connectivity index (χ0n) is 9.86. The Hall–Kier alpha value is -2.42. The second-order valence-corrected chi connectivity index (χ2v) is 3.94. The predicted molar refractivity (Wildman–Crippen MR) is 69.6 cm³/mol. The molecule has 2 rings (SSSR count). The molecule has 0 bridgehead atoms. The molecule has 1 aromatic heterocycles. The van der Waals surface area contributed by atoms with Gasteiger partial charge < -0.3 is 5.11 Å². The van der Waals surface area contributed by atoms with E-state index in [0.29, 0.717) is 0 Å². The average molecular weight is 240 g/mol. The molecule has 0 radical (unpaired) electrons. The Bertz CT molecular complexity index is 544. The summed E-state index contributed by atoms with van der Waals surface area (Å²) in [5.74, 6) is -0.840. The van der Waals surface area contributed by atoms with E-state index in [2.05, 4.69) is 0 Å². The molecule has 1 aromatic carbocycles. The Kier molecular flexibility index (Phi) is 3.86. The molecule has 1 N–H and O–H groups in total. The maximum absolute atomic E-state index is 10.5. The van der Waals surface area contributed by atoms with Crippen molar-refractivity contribution in [2.24, 2.45) is 0 Å². The lowest BCUT2D eigenvalue weighted by molar-refractivity contribution is -0.685. The molecule has 0 saturated heterocycles. The van der Waals surface area contributed by atoms with E-state index in [0.717, 1.165) is 11.1 Å². The summed E-state index contributed by atoms with van der Waals surface area (Å²) in [6.45, 7) is -0.0112. The van der Waals surface area contributed by atoms with Gasteiger partial charge in [-0.25, -0.2) is 4.79 Å². The van der Waals surface area contributed by atoms with Crippen molar-refractivity contribution in [1.82, 2.24) is 0 Å². The van der Waals surface area contributed by atoms with Crippen LogP contribution in [0.4, 0.5) is 0 Å². The number of carboxylic acids is 1. The van der Waals surface area contributed by atoms with Gasteiger partial charge in [0.15, 0.2) is 12.4 Å². The molecular weight excluding hydrogens is 226 g/mol. The number of nitrogens with zero attached hydrogens (tertiary/aromatic N) is 1. The smallest absolute Gasteiger partial charge is 0.370 e. The number of carbonyl (C=O) groups is 1. The molecule has 3 nitrogen and oxygen atoms in total. The van der Waals surface area contributed by atoms with Gasteiger partial charge in [0.1, 0.15) is 0 Å². The Labute approximate surface area is 106 Å². The lowest BCUT2D eigenvalue weighted by atomic mass is 10.1. The molecule has 0 aliphatic rings. The molecule has 18 heavy (non-hydrogen) atoms. The summed E-state index contributed by atoms with van der Waals surface area (Å²) in [5.41, 5.74) is 2.18. The molecule has 0 amide bonds. The highest BCUT2D eigenvalue weighted by Crippen LogP contribution is 2.06. The molecule has 0 saturated carbocycles. The van der Waals surface area contributed by atoms with Crippen LogP contribution < -0.4 is 4.57 Å². The summed E-state index contributed by atoms with van der Waals surface area (Å²) in [5, 5.41) is 8.65. The van der Waals surface area contributed by atoms with Crippen LogP contribution >= 0.6 is 0 Å². The summed E-state index contributed by atoms with van der Waals surface area (Å²) in [4.78, 5) is 10.5. The van der Waals surface area contributed by atoms with Crippen LogP contribution in [0.5, 0.6) is 0 Å². The Morgan fingerprint density at radius 3 is 2.11 bits per heavy atom. The first kappa shape index (κ1) is 12.0. The maximum atomic E-state index is 10.5. The standard InChI is InChI=1S/C15H13NO2/c17-15(18)12-16-10-8-14(9-11-16)7-6-13-4-2-1-3-5-13/h1-11H,12H2/p+1. The van der Waals surface area contributed by atoms with Gasteiger partial charge in [-0.15, -0.1) is 0 Å². The summed E-state index contributed by atoms with van der Waals surface area (Å²) in [7, 11) is 0. The van der Waals surface area contributed by atoms with E-state index in [1.807, 2.05) is 54.6 Å². The number of aromatic nitrogens is 1. The van der Waals surface area contributed by atoms with Gasteiger partial charge in [-0.2, -0.15) is 4.57 Å². The topological polar surface area (TPSA) is 41.2 Å². The molecule has 0 unspecified atom stereocenters. The molecule has 0 aliphatic heterocycles. The summed E-state index contributed by atoms with van der Waals surface area (Å²) >= 11 is 0. The van der Waals surface area contributed by atoms with E-state index in [1.54, 1.807) is 17.0 Å². The van der Waals surface area contributed by atoms with Gasteiger partial charge in [-0.1, -0.05) is 42.5 Å². The van der Waals surface area contributed by atoms with Gasteiger partial charge in [-0.3, -0.25) is 0 Å². The Balaban J connectivity index is 2.06. The van der Waals surface area contributed by atoms with E-state index < -0.39 is 5.97 Å². The van der Waals surface area contributed by atoms with Gasteiger partial charge in [0.2, 0.25) is 6.54 Å². The molecule has 90 valence electrons. The minimum atomic E-state index is -0.840. The lowest BCUT2D eigenvalue weighted by Crippen LogP contribution is -2.36. The van der Waals surface area contributed by atoms with E-state index in [4.69, 9.17) is 5.11 Å². The SMILES string of the molecule is O=C(O)C[n+]1ccc(C=Cc2ccccc2)cc1. The fourth-order valence-corrected chi connectivity index (χ4v) is 1.60. The van der Waals surface area contributed by atoms with Crippen molar-refractivity contribution in [2.75, 3.05) is 0 Å². The van der Waals surface area contributed by atoms with Crippen LogP contribution in [0.2, 0.25) is 0 Å². The zero-order chi connectivity index (χ0) is 12.8. The van der Waals surface area contributed by atoms with Gasteiger partial charge in [0.05, 0.1) is 0 Å². The Morgan fingerprint density at radius 2 is 1.56 bits per heavy atom. The van der Waals surface area contributed by atoms with Crippen molar-refractivity contribution in [3.05, 3.63) is 66.0 Å². The summed E-state index contributed by atoms with van der Waals surface area (Å²) < 4.78 is 1.63. The van der Waals surface area contributed by atoms with Crippen molar-refractivity contribution in [2.45, 2.75) is 6.54 Å². The van der Waals surface area contributed by atoms with Gasteiger partial charge >= 0.3 is 5.97 Å². The van der Waals surface area contributed by atoms with Crippen molar-refractivity contribution in [1.29, 1.82) is 0 Å². The third kappa shape index (κ3) is 3.56. The highest BCUT2D eigenvalue weighted by molar-refractivity contribution is 5.69. The van der Waals surface area contributed by atoms with Gasteiger partial charge in [0, 0.05) is 12.1 Å². The Morgan fingerprint density at radius 1 is 1.00 bits per heavy atom. The lowest BCUT2D eigenvalue weighted by Gasteiger charge is -1.94. The molecule has 0 atom stereocenters. The van der Waals surface area contributed by atoms with Gasteiger partial charge in [0.25, 0.3) is 0 Å².